The van der Waals surface area contributed by atoms with E-state index >= 15 is 0 Å². The third kappa shape index (κ3) is 3.25. The Morgan fingerprint density at radius 3 is 2.36 bits per heavy atom. The van der Waals surface area contributed by atoms with Gasteiger partial charge in [0.25, 0.3) is 0 Å². The van der Waals surface area contributed by atoms with Crippen LogP contribution in [0, 0.1) is 5.92 Å². The predicted molar refractivity (Wildman–Crippen MR) is 58.5 cm³/mol. The fourth-order valence-corrected chi connectivity index (χ4v) is 2.46. The van der Waals surface area contributed by atoms with E-state index in [9.17, 15) is 0 Å². The molecule has 0 spiro atoms. The number of hydrogen-bond donors (Lipinski definition) is 0. The highest BCUT2D eigenvalue weighted by molar-refractivity contribution is 4.81. The zero-order chi connectivity index (χ0) is 10.4. The van der Waals surface area contributed by atoms with E-state index in [0.717, 1.165) is 5.92 Å². The van der Waals surface area contributed by atoms with Crippen LogP contribution in [-0.4, -0.2) is 26.4 Å². The molecular formula is C12H24O2. The summed E-state index contributed by atoms with van der Waals surface area (Å²) in [4.78, 5) is 0. The summed E-state index contributed by atoms with van der Waals surface area (Å²) >= 11 is 0. The number of unbranched alkanes of at least 4 members (excludes halogenated alkanes) is 1. The molecule has 0 aliphatic heterocycles. The third-order valence-electron chi connectivity index (χ3n) is 3.41. The first-order valence-electron chi connectivity index (χ1n) is 5.87. The fraction of sp³-hybridized carbons (Fsp3) is 1.00. The van der Waals surface area contributed by atoms with Crippen LogP contribution in [0.4, 0.5) is 0 Å². The van der Waals surface area contributed by atoms with Crippen LogP contribution in [0.25, 0.3) is 0 Å². The molecule has 0 aromatic heterocycles. The molecule has 3 unspecified atom stereocenters. The zero-order valence-electron chi connectivity index (χ0n) is 9.79. The van der Waals surface area contributed by atoms with Crippen LogP contribution in [0.5, 0.6) is 0 Å². The van der Waals surface area contributed by atoms with Gasteiger partial charge in [0, 0.05) is 14.2 Å². The normalized spacial score (nSPS) is 33.2. The summed E-state index contributed by atoms with van der Waals surface area (Å²) in [6.07, 6.45) is 8.37. The van der Waals surface area contributed by atoms with Gasteiger partial charge in [-0.3, -0.25) is 0 Å². The number of hydrogen-bond acceptors (Lipinski definition) is 2. The second-order valence-electron chi connectivity index (χ2n) is 4.37. The summed E-state index contributed by atoms with van der Waals surface area (Å²) in [5, 5.41) is 0. The van der Waals surface area contributed by atoms with Gasteiger partial charge in [-0.1, -0.05) is 26.2 Å². The van der Waals surface area contributed by atoms with Crippen molar-refractivity contribution < 1.29 is 9.47 Å². The van der Waals surface area contributed by atoms with Crippen LogP contribution in [0.1, 0.15) is 45.4 Å². The highest BCUT2D eigenvalue weighted by Gasteiger charge is 2.29. The van der Waals surface area contributed by atoms with Crippen molar-refractivity contribution in [3.8, 4) is 0 Å². The number of rotatable bonds is 5. The molecule has 3 atom stereocenters. The number of methoxy groups -OCH3 is 2. The zero-order valence-corrected chi connectivity index (χ0v) is 9.79. The Morgan fingerprint density at radius 2 is 1.79 bits per heavy atom. The molecule has 84 valence electrons. The average molecular weight is 200 g/mol. The van der Waals surface area contributed by atoms with Gasteiger partial charge in [0.2, 0.25) is 0 Å². The Kier molecular flexibility index (Phi) is 5.49. The van der Waals surface area contributed by atoms with Crippen LogP contribution in [0.3, 0.4) is 0 Å². The first-order chi connectivity index (χ1) is 6.81. The van der Waals surface area contributed by atoms with Gasteiger partial charge >= 0.3 is 0 Å². The van der Waals surface area contributed by atoms with Gasteiger partial charge in [-0.2, -0.15) is 0 Å². The molecule has 1 rings (SSSR count). The fourth-order valence-electron chi connectivity index (χ4n) is 2.46. The molecule has 0 saturated heterocycles. The molecule has 1 aliphatic carbocycles. The van der Waals surface area contributed by atoms with E-state index in [0.29, 0.717) is 12.2 Å². The van der Waals surface area contributed by atoms with E-state index in [4.69, 9.17) is 9.47 Å². The highest BCUT2D eigenvalue weighted by atomic mass is 16.5. The van der Waals surface area contributed by atoms with E-state index in [2.05, 4.69) is 6.92 Å². The van der Waals surface area contributed by atoms with Crippen LogP contribution in [0.2, 0.25) is 0 Å². The maximum atomic E-state index is 5.48. The topological polar surface area (TPSA) is 18.5 Å². The highest BCUT2D eigenvalue weighted by Crippen LogP contribution is 2.31. The van der Waals surface area contributed by atoms with Crippen LogP contribution in [-0.2, 0) is 9.47 Å². The molecule has 0 aromatic rings. The van der Waals surface area contributed by atoms with Crippen molar-refractivity contribution in [3.63, 3.8) is 0 Å². The quantitative estimate of drug-likeness (QED) is 0.679. The molecule has 2 heteroatoms. The van der Waals surface area contributed by atoms with Crippen molar-refractivity contribution in [3.05, 3.63) is 0 Å². The predicted octanol–water partition coefficient (Wildman–Crippen LogP) is 3.01. The first kappa shape index (κ1) is 12.0. The minimum Gasteiger partial charge on any atom is -0.379 e. The molecule has 1 saturated carbocycles. The molecule has 0 amide bonds. The first-order valence-corrected chi connectivity index (χ1v) is 5.87. The molecule has 0 heterocycles. The van der Waals surface area contributed by atoms with E-state index < -0.39 is 0 Å². The average Bonchev–Trinajstić information content (AvgIpc) is 2.25. The van der Waals surface area contributed by atoms with Gasteiger partial charge in [0.05, 0.1) is 12.2 Å². The third-order valence-corrected chi connectivity index (χ3v) is 3.41. The second-order valence-corrected chi connectivity index (χ2v) is 4.37. The summed E-state index contributed by atoms with van der Waals surface area (Å²) in [5.74, 6) is 0.867. The van der Waals surface area contributed by atoms with Crippen molar-refractivity contribution in [2.24, 2.45) is 5.92 Å². The lowest BCUT2D eigenvalue weighted by Gasteiger charge is -2.34. The molecule has 0 aromatic carbocycles. The van der Waals surface area contributed by atoms with Gasteiger partial charge in [-0.25, -0.2) is 0 Å². The summed E-state index contributed by atoms with van der Waals surface area (Å²) in [5.41, 5.74) is 0. The summed E-state index contributed by atoms with van der Waals surface area (Å²) < 4.78 is 10.9. The van der Waals surface area contributed by atoms with Crippen molar-refractivity contribution >= 4 is 0 Å². The Morgan fingerprint density at radius 1 is 1.07 bits per heavy atom. The Labute approximate surface area is 88.0 Å². The molecular weight excluding hydrogens is 176 g/mol. The van der Waals surface area contributed by atoms with Crippen LogP contribution >= 0.6 is 0 Å². The van der Waals surface area contributed by atoms with Gasteiger partial charge in [-0.05, 0) is 25.2 Å². The largest absolute Gasteiger partial charge is 0.379 e. The lowest BCUT2D eigenvalue weighted by molar-refractivity contribution is -0.0712. The molecule has 14 heavy (non-hydrogen) atoms. The molecule has 0 bridgehead atoms. The number of ether oxygens (including phenoxy) is 2. The van der Waals surface area contributed by atoms with Crippen LogP contribution in [0.15, 0.2) is 0 Å². The molecule has 0 radical (unpaired) electrons. The molecule has 1 aliphatic rings. The maximum absolute atomic E-state index is 5.48. The SMILES string of the molecule is CCCCC1CCC(OC)C(OC)C1. The van der Waals surface area contributed by atoms with E-state index in [1.807, 2.05) is 0 Å². The van der Waals surface area contributed by atoms with Crippen molar-refractivity contribution in [2.45, 2.75) is 57.7 Å². The van der Waals surface area contributed by atoms with Gasteiger partial charge in [-0.15, -0.1) is 0 Å². The van der Waals surface area contributed by atoms with Crippen molar-refractivity contribution in [2.75, 3.05) is 14.2 Å². The lowest BCUT2D eigenvalue weighted by Crippen LogP contribution is -2.36. The van der Waals surface area contributed by atoms with Gasteiger partial charge < -0.3 is 9.47 Å². The Balaban J connectivity index is 2.32. The molecule has 2 nitrogen and oxygen atoms in total. The Hall–Kier alpha value is -0.0800. The van der Waals surface area contributed by atoms with Crippen molar-refractivity contribution in [1.29, 1.82) is 0 Å². The van der Waals surface area contributed by atoms with Gasteiger partial charge in [0.1, 0.15) is 0 Å². The summed E-state index contributed by atoms with van der Waals surface area (Å²) in [6, 6.07) is 0. The van der Waals surface area contributed by atoms with Crippen molar-refractivity contribution in [1.82, 2.24) is 0 Å². The van der Waals surface area contributed by atoms with E-state index in [-0.39, 0.29) is 0 Å². The monoisotopic (exact) mass is 200 g/mol. The van der Waals surface area contributed by atoms with Crippen LogP contribution < -0.4 is 0 Å². The van der Waals surface area contributed by atoms with E-state index in [1.54, 1.807) is 14.2 Å². The Bertz CT molecular complexity index is 147. The maximum Gasteiger partial charge on any atom is 0.0835 e. The minimum atomic E-state index is 0.329. The van der Waals surface area contributed by atoms with E-state index in [1.165, 1.54) is 38.5 Å². The lowest BCUT2D eigenvalue weighted by atomic mass is 9.82. The second kappa shape index (κ2) is 6.41. The minimum absolute atomic E-state index is 0.329. The standard InChI is InChI=1S/C12H24O2/c1-4-5-6-10-7-8-11(13-2)12(9-10)14-3/h10-12H,4-9H2,1-3H3. The summed E-state index contributed by atoms with van der Waals surface area (Å²) in [7, 11) is 3.60. The molecule has 0 N–H and O–H groups in total. The molecule has 1 fully saturated rings. The van der Waals surface area contributed by atoms with Gasteiger partial charge in [0.15, 0.2) is 0 Å². The smallest absolute Gasteiger partial charge is 0.0835 e. The summed E-state index contributed by atoms with van der Waals surface area (Å²) in [6.45, 7) is 2.26.